The highest BCUT2D eigenvalue weighted by Crippen LogP contribution is 2.34. The number of hydrogen-bond acceptors (Lipinski definition) is 5. The van der Waals surface area contributed by atoms with E-state index in [0.717, 1.165) is 46.6 Å². The van der Waals surface area contributed by atoms with E-state index in [0.29, 0.717) is 11.1 Å². The number of carbonyl (C=O) groups is 1. The lowest BCUT2D eigenvalue weighted by atomic mass is 10.1. The second-order valence-electron chi connectivity index (χ2n) is 8.03. The van der Waals surface area contributed by atoms with Gasteiger partial charge in [0.15, 0.2) is 0 Å². The molecule has 1 fully saturated rings. The SMILES string of the molecule is C=C(NC)c1ccc(-c2cnn3ccc(C(=O)N(c4ccc(C#N)cc4)C4CC4)cc23)nc1. The van der Waals surface area contributed by atoms with Crippen LogP contribution >= 0.6 is 0 Å². The number of nitriles is 1. The maximum Gasteiger partial charge on any atom is 0.258 e. The van der Waals surface area contributed by atoms with Crippen LogP contribution in [0.1, 0.15) is 34.3 Å². The van der Waals surface area contributed by atoms with Crippen molar-refractivity contribution in [3.63, 3.8) is 0 Å². The van der Waals surface area contributed by atoms with Crippen LogP contribution in [0.3, 0.4) is 0 Å². The van der Waals surface area contributed by atoms with Gasteiger partial charge in [0.1, 0.15) is 0 Å². The fourth-order valence-electron chi connectivity index (χ4n) is 3.85. The van der Waals surface area contributed by atoms with Crippen LogP contribution in [0.15, 0.2) is 73.7 Å². The van der Waals surface area contributed by atoms with Gasteiger partial charge in [0.05, 0.1) is 29.0 Å². The van der Waals surface area contributed by atoms with Gasteiger partial charge in [-0.3, -0.25) is 9.78 Å². The second-order valence-corrected chi connectivity index (χ2v) is 8.03. The van der Waals surface area contributed by atoms with Gasteiger partial charge in [0.25, 0.3) is 5.91 Å². The fraction of sp³-hybridized carbons (Fsp3) is 0.154. The highest BCUT2D eigenvalue weighted by Gasteiger charge is 2.34. The van der Waals surface area contributed by atoms with Gasteiger partial charge in [-0.05, 0) is 61.4 Å². The molecule has 1 aromatic carbocycles. The minimum Gasteiger partial charge on any atom is -0.388 e. The van der Waals surface area contributed by atoms with E-state index in [1.165, 1.54) is 0 Å². The Morgan fingerprint density at radius 3 is 2.58 bits per heavy atom. The summed E-state index contributed by atoms with van der Waals surface area (Å²) in [7, 11) is 1.82. The predicted octanol–water partition coefficient (Wildman–Crippen LogP) is 4.27. The van der Waals surface area contributed by atoms with E-state index >= 15 is 0 Å². The summed E-state index contributed by atoms with van der Waals surface area (Å²) >= 11 is 0. The van der Waals surface area contributed by atoms with Gasteiger partial charge >= 0.3 is 0 Å². The van der Waals surface area contributed by atoms with Crippen molar-refractivity contribution >= 4 is 22.8 Å². The predicted molar refractivity (Wildman–Crippen MR) is 128 cm³/mol. The number of anilines is 1. The Morgan fingerprint density at radius 2 is 1.94 bits per heavy atom. The largest absolute Gasteiger partial charge is 0.388 e. The van der Waals surface area contributed by atoms with E-state index in [9.17, 15) is 4.79 Å². The van der Waals surface area contributed by atoms with Gasteiger partial charge in [0, 0.05) is 53.6 Å². The number of hydrogen-bond donors (Lipinski definition) is 1. The zero-order chi connectivity index (χ0) is 22.9. The van der Waals surface area contributed by atoms with Gasteiger partial charge in [-0.15, -0.1) is 0 Å². The normalized spacial score (nSPS) is 12.8. The molecule has 0 saturated heterocycles. The van der Waals surface area contributed by atoms with Crippen LogP contribution in [-0.2, 0) is 0 Å². The first-order valence-corrected chi connectivity index (χ1v) is 10.7. The number of nitrogens with one attached hydrogen (secondary N) is 1. The number of carbonyl (C=O) groups excluding carboxylic acids is 1. The molecule has 3 heterocycles. The quantitative estimate of drug-likeness (QED) is 0.490. The first-order valence-electron chi connectivity index (χ1n) is 10.7. The maximum atomic E-state index is 13.5. The number of rotatable bonds is 6. The number of fused-ring (bicyclic) bond motifs is 1. The number of benzene rings is 1. The van der Waals surface area contributed by atoms with Crippen molar-refractivity contribution in [2.24, 2.45) is 0 Å². The summed E-state index contributed by atoms with van der Waals surface area (Å²) in [5, 5.41) is 16.5. The minimum atomic E-state index is -0.0644. The van der Waals surface area contributed by atoms with E-state index < -0.39 is 0 Å². The fourth-order valence-corrected chi connectivity index (χ4v) is 3.85. The van der Waals surface area contributed by atoms with Crippen LogP contribution in [0.25, 0.3) is 22.5 Å². The van der Waals surface area contributed by atoms with Gasteiger partial charge in [-0.25, -0.2) is 4.52 Å². The van der Waals surface area contributed by atoms with Crippen LogP contribution in [0, 0.1) is 11.3 Å². The average Bonchev–Trinajstić information content (AvgIpc) is 3.61. The van der Waals surface area contributed by atoms with Crippen LogP contribution < -0.4 is 10.2 Å². The first-order chi connectivity index (χ1) is 16.1. The molecule has 33 heavy (non-hydrogen) atoms. The lowest BCUT2D eigenvalue weighted by molar-refractivity contribution is 0.0985. The molecule has 162 valence electrons. The molecule has 0 aliphatic heterocycles. The van der Waals surface area contributed by atoms with Crippen molar-refractivity contribution in [2.45, 2.75) is 18.9 Å². The van der Waals surface area contributed by atoms with Crippen LogP contribution in [0.4, 0.5) is 5.69 Å². The molecule has 4 aromatic rings. The molecular weight excluding hydrogens is 412 g/mol. The lowest BCUT2D eigenvalue weighted by Gasteiger charge is -2.23. The highest BCUT2D eigenvalue weighted by molar-refractivity contribution is 6.07. The third-order valence-corrected chi connectivity index (χ3v) is 5.86. The molecule has 0 radical (unpaired) electrons. The number of nitrogens with zero attached hydrogens (tertiary/aromatic N) is 5. The Bertz CT molecular complexity index is 1390. The summed E-state index contributed by atoms with van der Waals surface area (Å²) < 4.78 is 1.75. The van der Waals surface area contributed by atoms with E-state index in [1.54, 1.807) is 41.3 Å². The molecule has 7 heteroatoms. The molecule has 1 amide bonds. The Kier molecular flexibility index (Phi) is 5.11. The third kappa shape index (κ3) is 3.83. The van der Waals surface area contributed by atoms with Crippen LogP contribution in [0.5, 0.6) is 0 Å². The molecule has 0 bridgehead atoms. The molecular formula is C26H22N6O. The summed E-state index contributed by atoms with van der Waals surface area (Å²) in [6.07, 6.45) is 7.28. The molecule has 1 aliphatic rings. The average molecular weight is 435 g/mol. The molecule has 1 aliphatic carbocycles. The molecule has 5 rings (SSSR count). The van der Waals surface area contributed by atoms with Crippen molar-refractivity contribution in [2.75, 3.05) is 11.9 Å². The molecule has 0 unspecified atom stereocenters. The van der Waals surface area contributed by atoms with Gasteiger partial charge < -0.3 is 10.2 Å². The Hall–Kier alpha value is -4.44. The zero-order valence-electron chi connectivity index (χ0n) is 18.2. The van der Waals surface area contributed by atoms with E-state index in [-0.39, 0.29) is 11.9 Å². The smallest absolute Gasteiger partial charge is 0.258 e. The lowest BCUT2D eigenvalue weighted by Crippen LogP contribution is -2.33. The summed E-state index contributed by atoms with van der Waals surface area (Å²) in [6.45, 7) is 3.96. The van der Waals surface area contributed by atoms with Crippen LogP contribution in [0.2, 0.25) is 0 Å². The van der Waals surface area contributed by atoms with Crippen molar-refractivity contribution in [3.05, 3.63) is 90.4 Å². The molecule has 3 aromatic heterocycles. The highest BCUT2D eigenvalue weighted by atomic mass is 16.2. The Balaban J connectivity index is 1.50. The maximum absolute atomic E-state index is 13.5. The van der Waals surface area contributed by atoms with Gasteiger partial charge in [-0.1, -0.05) is 6.58 Å². The Labute approximate surface area is 191 Å². The van der Waals surface area contributed by atoms with E-state index in [2.05, 4.69) is 28.0 Å². The minimum absolute atomic E-state index is 0.0644. The summed E-state index contributed by atoms with van der Waals surface area (Å²) in [5.74, 6) is -0.0644. The van der Waals surface area contributed by atoms with E-state index in [4.69, 9.17) is 5.26 Å². The second kappa shape index (κ2) is 8.24. The Morgan fingerprint density at radius 1 is 1.15 bits per heavy atom. The molecule has 7 nitrogen and oxygen atoms in total. The number of amides is 1. The third-order valence-electron chi connectivity index (χ3n) is 5.86. The topological polar surface area (TPSA) is 86.3 Å². The number of pyridine rings is 2. The summed E-state index contributed by atoms with van der Waals surface area (Å²) in [6, 6.07) is 17.0. The number of aromatic nitrogens is 3. The van der Waals surface area contributed by atoms with Gasteiger partial charge in [0.2, 0.25) is 0 Å². The van der Waals surface area contributed by atoms with Gasteiger partial charge in [-0.2, -0.15) is 10.4 Å². The monoisotopic (exact) mass is 434 g/mol. The van der Waals surface area contributed by atoms with Crippen molar-refractivity contribution in [3.8, 4) is 17.3 Å². The summed E-state index contributed by atoms with van der Waals surface area (Å²) in [4.78, 5) is 20.0. The molecule has 1 saturated carbocycles. The summed E-state index contributed by atoms with van der Waals surface area (Å²) in [5.41, 5.74) is 6.10. The van der Waals surface area contributed by atoms with Crippen molar-refractivity contribution < 1.29 is 4.79 Å². The first kappa shape index (κ1) is 20.5. The standard InChI is InChI=1S/C26H22N6O/c1-17(28-2)20-5-10-24(29-15-20)23-16-30-31-12-11-19(13-25(23)31)26(33)32(22-8-9-22)21-6-3-18(14-27)4-7-21/h3-7,10-13,15-16,22,28H,1,8-9H2,2H3. The van der Waals surface area contributed by atoms with E-state index in [1.807, 2.05) is 42.3 Å². The zero-order valence-corrected chi connectivity index (χ0v) is 18.2. The molecule has 1 N–H and O–H groups in total. The molecule has 0 spiro atoms. The van der Waals surface area contributed by atoms with Crippen molar-refractivity contribution in [1.82, 2.24) is 19.9 Å². The molecule has 0 atom stereocenters. The van der Waals surface area contributed by atoms with Crippen LogP contribution in [-0.4, -0.2) is 33.6 Å². The van der Waals surface area contributed by atoms with Crippen molar-refractivity contribution in [1.29, 1.82) is 5.26 Å².